The summed E-state index contributed by atoms with van der Waals surface area (Å²) in [4.78, 5) is 18.3. The number of hydrogen-bond acceptors (Lipinski definition) is 4. The molecule has 0 atom stereocenters. The molecule has 1 rings (SSSR count). The molecule has 0 aliphatic heterocycles. The fraction of sp³-hybridized carbons (Fsp3) is 0.286. The molecule has 0 saturated carbocycles. The first-order valence-corrected chi connectivity index (χ1v) is 3.21. The van der Waals surface area contributed by atoms with Crippen LogP contribution in [0.1, 0.15) is 5.82 Å². The largest absolute Gasteiger partial charge is 0.389 e. The Hall–Kier alpha value is -1.29. The van der Waals surface area contributed by atoms with Gasteiger partial charge in [-0.15, -0.1) is 0 Å². The third-order valence-corrected chi connectivity index (χ3v) is 1.15. The van der Waals surface area contributed by atoms with E-state index in [4.69, 9.17) is 5.11 Å². The molecule has 1 heterocycles. The van der Waals surface area contributed by atoms with E-state index in [-0.39, 0.29) is 12.2 Å². The third-order valence-electron chi connectivity index (χ3n) is 1.15. The number of rotatable bonds is 3. The fourth-order valence-electron chi connectivity index (χ4n) is 0.654. The minimum Gasteiger partial charge on any atom is -0.389 e. The smallest absolute Gasteiger partial charge is 0.165 e. The maximum Gasteiger partial charge on any atom is 0.165 e. The SMILES string of the molecule is O=C(CO)Cc1ncccn1. The van der Waals surface area contributed by atoms with Gasteiger partial charge in [0.05, 0.1) is 6.42 Å². The van der Waals surface area contributed by atoms with Gasteiger partial charge >= 0.3 is 0 Å². The summed E-state index contributed by atoms with van der Waals surface area (Å²) in [5.74, 6) is 0.183. The molecular formula is C7H8N2O2. The first kappa shape index (κ1) is 7.81. The van der Waals surface area contributed by atoms with Gasteiger partial charge < -0.3 is 5.11 Å². The van der Waals surface area contributed by atoms with Crippen molar-refractivity contribution in [2.75, 3.05) is 6.61 Å². The van der Waals surface area contributed by atoms with Crippen LogP contribution in [0.5, 0.6) is 0 Å². The van der Waals surface area contributed by atoms with Crippen LogP contribution in [0.2, 0.25) is 0 Å². The molecule has 0 saturated heterocycles. The molecule has 0 amide bonds. The Morgan fingerprint density at radius 2 is 2.09 bits per heavy atom. The molecule has 0 aliphatic carbocycles. The maximum atomic E-state index is 10.7. The molecule has 0 fully saturated rings. The van der Waals surface area contributed by atoms with Gasteiger partial charge in [0, 0.05) is 12.4 Å². The highest BCUT2D eigenvalue weighted by Crippen LogP contribution is 1.89. The molecular weight excluding hydrogens is 144 g/mol. The molecule has 1 aromatic rings. The molecule has 11 heavy (non-hydrogen) atoms. The number of nitrogens with zero attached hydrogens (tertiary/aromatic N) is 2. The number of carbonyl (C=O) groups excluding carboxylic acids is 1. The number of hydrogen-bond donors (Lipinski definition) is 1. The van der Waals surface area contributed by atoms with Crippen molar-refractivity contribution in [3.05, 3.63) is 24.3 Å². The average molecular weight is 152 g/mol. The predicted octanol–water partition coefficient (Wildman–Crippen LogP) is -0.420. The second-order valence-electron chi connectivity index (χ2n) is 2.04. The van der Waals surface area contributed by atoms with Crippen molar-refractivity contribution in [2.24, 2.45) is 0 Å². The molecule has 1 N–H and O–H groups in total. The average Bonchev–Trinajstić information content (AvgIpc) is 2.06. The van der Waals surface area contributed by atoms with Crippen LogP contribution in [-0.4, -0.2) is 27.5 Å². The lowest BCUT2D eigenvalue weighted by atomic mass is 10.3. The zero-order valence-corrected chi connectivity index (χ0v) is 5.90. The first-order chi connectivity index (χ1) is 5.33. The topological polar surface area (TPSA) is 63.1 Å². The highest BCUT2D eigenvalue weighted by atomic mass is 16.3. The summed E-state index contributed by atoms with van der Waals surface area (Å²) >= 11 is 0. The van der Waals surface area contributed by atoms with E-state index >= 15 is 0 Å². The van der Waals surface area contributed by atoms with Gasteiger partial charge in [0.15, 0.2) is 5.78 Å². The molecule has 0 spiro atoms. The van der Waals surface area contributed by atoms with Gasteiger partial charge in [-0.25, -0.2) is 9.97 Å². The number of Topliss-reactive ketones (excluding diaryl/α,β-unsaturated/α-hetero) is 1. The quantitative estimate of drug-likeness (QED) is 0.639. The van der Waals surface area contributed by atoms with Crippen molar-refractivity contribution in [2.45, 2.75) is 6.42 Å². The molecule has 58 valence electrons. The summed E-state index contributed by atoms with van der Waals surface area (Å²) in [6.07, 6.45) is 3.23. The van der Waals surface area contributed by atoms with Crippen LogP contribution in [0.25, 0.3) is 0 Å². The van der Waals surface area contributed by atoms with Crippen LogP contribution >= 0.6 is 0 Å². The molecule has 0 unspecified atom stereocenters. The summed E-state index contributed by atoms with van der Waals surface area (Å²) in [6.45, 7) is -0.446. The van der Waals surface area contributed by atoms with Crippen molar-refractivity contribution in [1.29, 1.82) is 0 Å². The number of ketones is 1. The van der Waals surface area contributed by atoms with Gasteiger partial charge in [0.25, 0.3) is 0 Å². The second-order valence-corrected chi connectivity index (χ2v) is 2.04. The monoisotopic (exact) mass is 152 g/mol. The Morgan fingerprint density at radius 1 is 1.45 bits per heavy atom. The van der Waals surface area contributed by atoms with E-state index in [1.165, 1.54) is 0 Å². The second kappa shape index (κ2) is 3.78. The lowest BCUT2D eigenvalue weighted by Gasteiger charge is -1.93. The summed E-state index contributed by atoms with van der Waals surface area (Å²) in [5.41, 5.74) is 0. The van der Waals surface area contributed by atoms with E-state index in [1.54, 1.807) is 18.5 Å². The van der Waals surface area contributed by atoms with Crippen molar-refractivity contribution >= 4 is 5.78 Å². The van der Waals surface area contributed by atoms with Gasteiger partial charge in [-0.2, -0.15) is 0 Å². The summed E-state index contributed by atoms with van der Waals surface area (Å²) in [6, 6.07) is 1.67. The van der Waals surface area contributed by atoms with Crippen LogP contribution in [0.3, 0.4) is 0 Å². The van der Waals surface area contributed by atoms with E-state index in [0.29, 0.717) is 5.82 Å². The number of carbonyl (C=O) groups is 1. The van der Waals surface area contributed by atoms with Crippen LogP contribution in [-0.2, 0) is 11.2 Å². The highest BCUT2D eigenvalue weighted by Gasteiger charge is 2.02. The summed E-state index contributed by atoms with van der Waals surface area (Å²) in [5, 5.41) is 8.39. The van der Waals surface area contributed by atoms with E-state index in [0.717, 1.165) is 0 Å². The number of aliphatic hydroxyl groups is 1. The standard InChI is InChI=1S/C7H8N2O2/c10-5-6(11)4-7-8-2-1-3-9-7/h1-3,10H,4-5H2. The van der Waals surface area contributed by atoms with Crippen molar-refractivity contribution in [1.82, 2.24) is 9.97 Å². The normalized spacial score (nSPS) is 9.55. The number of aliphatic hydroxyl groups excluding tert-OH is 1. The Morgan fingerprint density at radius 3 is 2.64 bits per heavy atom. The molecule has 1 aromatic heterocycles. The Bertz CT molecular complexity index is 235. The minimum absolute atomic E-state index is 0.108. The molecule has 4 heteroatoms. The maximum absolute atomic E-state index is 10.7. The predicted molar refractivity (Wildman–Crippen MR) is 37.8 cm³/mol. The van der Waals surface area contributed by atoms with Crippen molar-refractivity contribution in [3.63, 3.8) is 0 Å². The Kier molecular flexibility index (Phi) is 2.68. The Balaban J connectivity index is 2.58. The van der Waals surface area contributed by atoms with Crippen LogP contribution in [0.15, 0.2) is 18.5 Å². The van der Waals surface area contributed by atoms with E-state index in [2.05, 4.69) is 9.97 Å². The van der Waals surface area contributed by atoms with E-state index in [9.17, 15) is 4.79 Å². The third kappa shape index (κ3) is 2.43. The van der Waals surface area contributed by atoms with Gasteiger partial charge in [-0.3, -0.25) is 4.79 Å². The highest BCUT2D eigenvalue weighted by molar-refractivity contribution is 5.80. The fourth-order valence-corrected chi connectivity index (χ4v) is 0.654. The van der Waals surface area contributed by atoms with Gasteiger partial charge in [-0.1, -0.05) is 0 Å². The first-order valence-electron chi connectivity index (χ1n) is 3.21. The van der Waals surface area contributed by atoms with E-state index < -0.39 is 6.61 Å². The van der Waals surface area contributed by atoms with Gasteiger partial charge in [0.1, 0.15) is 12.4 Å². The molecule has 0 aromatic carbocycles. The zero-order chi connectivity index (χ0) is 8.10. The molecule has 0 aliphatic rings. The van der Waals surface area contributed by atoms with Gasteiger partial charge in [0.2, 0.25) is 0 Å². The molecule has 4 nitrogen and oxygen atoms in total. The Labute approximate surface area is 63.9 Å². The summed E-state index contributed by atoms with van der Waals surface area (Å²) < 4.78 is 0. The minimum atomic E-state index is -0.446. The van der Waals surface area contributed by atoms with Crippen molar-refractivity contribution < 1.29 is 9.90 Å². The van der Waals surface area contributed by atoms with Crippen LogP contribution < -0.4 is 0 Å². The van der Waals surface area contributed by atoms with Crippen molar-refractivity contribution in [3.8, 4) is 0 Å². The van der Waals surface area contributed by atoms with E-state index in [1.807, 2.05) is 0 Å². The zero-order valence-electron chi connectivity index (χ0n) is 5.90. The lowest BCUT2D eigenvalue weighted by Crippen LogP contribution is -2.09. The van der Waals surface area contributed by atoms with Crippen LogP contribution in [0, 0.1) is 0 Å². The van der Waals surface area contributed by atoms with Crippen LogP contribution in [0.4, 0.5) is 0 Å². The number of aromatic nitrogens is 2. The molecule has 0 radical (unpaired) electrons. The summed E-state index contributed by atoms with van der Waals surface area (Å²) in [7, 11) is 0. The lowest BCUT2D eigenvalue weighted by molar-refractivity contribution is -0.121. The van der Waals surface area contributed by atoms with Gasteiger partial charge in [-0.05, 0) is 6.07 Å². The molecule has 0 bridgehead atoms.